The molecule has 2 N–H and O–H groups in total. The maximum atomic E-state index is 12.1. The summed E-state index contributed by atoms with van der Waals surface area (Å²) < 4.78 is 15.5. The quantitative estimate of drug-likeness (QED) is 0.787. The lowest BCUT2D eigenvalue weighted by Crippen LogP contribution is -2.36. The Morgan fingerprint density at radius 2 is 1.85 bits per heavy atom. The van der Waals surface area contributed by atoms with E-state index in [0.717, 1.165) is 11.1 Å². The molecular weight excluding hydrogens is 336 g/mol. The van der Waals surface area contributed by atoms with Gasteiger partial charge in [0, 0.05) is 19.2 Å². The van der Waals surface area contributed by atoms with Crippen LogP contribution < -0.4 is 20.1 Å². The Morgan fingerprint density at radius 1 is 1.04 bits per heavy atom. The van der Waals surface area contributed by atoms with Crippen LogP contribution in [0.25, 0.3) is 0 Å². The van der Waals surface area contributed by atoms with Crippen molar-refractivity contribution in [3.05, 3.63) is 59.2 Å². The van der Waals surface area contributed by atoms with Gasteiger partial charge in [0.25, 0.3) is 5.91 Å². The summed E-state index contributed by atoms with van der Waals surface area (Å²) in [5.74, 6) is 0.518. The molecule has 0 fully saturated rings. The predicted molar refractivity (Wildman–Crippen MR) is 93.9 cm³/mol. The van der Waals surface area contributed by atoms with Gasteiger partial charge < -0.3 is 24.8 Å². The van der Waals surface area contributed by atoms with Gasteiger partial charge in [0.15, 0.2) is 11.5 Å². The summed E-state index contributed by atoms with van der Waals surface area (Å²) in [6.45, 7) is 0.948. The van der Waals surface area contributed by atoms with Crippen molar-refractivity contribution in [1.29, 1.82) is 0 Å². The number of benzene rings is 2. The molecule has 0 saturated carbocycles. The Morgan fingerprint density at radius 3 is 2.69 bits per heavy atom. The van der Waals surface area contributed by atoms with Crippen LogP contribution >= 0.6 is 0 Å². The molecular formula is C19H20N2O5. The van der Waals surface area contributed by atoms with Crippen molar-refractivity contribution in [2.45, 2.75) is 13.2 Å². The maximum Gasteiger partial charge on any atom is 0.251 e. The largest absolute Gasteiger partial charge is 0.454 e. The highest BCUT2D eigenvalue weighted by molar-refractivity contribution is 5.97. The van der Waals surface area contributed by atoms with E-state index in [4.69, 9.17) is 14.2 Å². The minimum Gasteiger partial charge on any atom is -0.454 e. The molecule has 2 aromatic rings. The average molecular weight is 356 g/mol. The van der Waals surface area contributed by atoms with Crippen LogP contribution in [-0.4, -0.2) is 32.3 Å². The zero-order chi connectivity index (χ0) is 18.4. The summed E-state index contributed by atoms with van der Waals surface area (Å²) >= 11 is 0. The number of carbonyl (C=O) groups excluding carboxylic acids is 2. The minimum atomic E-state index is -0.347. The Kier molecular flexibility index (Phi) is 5.70. The number of hydrogen-bond acceptors (Lipinski definition) is 5. The first-order valence-electron chi connectivity index (χ1n) is 8.17. The Labute approximate surface area is 151 Å². The fourth-order valence-corrected chi connectivity index (χ4v) is 2.56. The van der Waals surface area contributed by atoms with Crippen LogP contribution in [0.15, 0.2) is 42.5 Å². The van der Waals surface area contributed by atoms with Gasteiger partial charge in [-0.1, -0.05) is 24.3 Å². The van der Waals surface area contributed by atoms with E-state index < -0.39 is 0 Å². The van der Waals surface area contributed by atoms with Gasteiger partial charge in [0.05, 0.1) is 13.2 Å². The molecule has 136 valence electrons. The van der Waals surface area contributed by atoms with Crippen molar-refractivity contribution in [3.63, 3.8) is 0 Å². The van der Waals surface area contributed by atoms with Crippen molar-refractivity contribution in [3.8, 4) is 11.5 Å². The Hall–Kier alpha value is -3.06. The van der Waals surface area contributed by atoms with Gasteiger partial charge in [0.2, 0.25) is 12.7 Å². The topological polar surface area (TPSA) is 85.9 Å². The summed E-state index contributed by atoms with van der Waals surface area (Å²) in [4.78, 5) is 24.1. The second-order valence-corrected chi connectivity index (χ2v) is 5.78. The van der Waals surface area contributed by atoms with Gasteiger partial charge in [-0.25, -0.2) is 0 Å². The SMILES string of the molecule is COCc1cccc(CNC(=O)CNC(=O)c2ccc3c(c2)OCO3)c1. The summed E-state index contributed by atoms with van der Waals surface area (Å²) in [5, 5.41) is 5.37. The van der Waals surface area contributed by atoms with E-state index in [2.05, 4.69) is 10.6 Å². The lowest BCUT2D eigenvalue weighted by atomic mass is 10.1. The standard InChI is InChI=1S/C19H20N2O5/c1-24-11-14-4-2-3-13(7-14)9-20-18(22)10-21-19(23)15-5-6-16-17(8-15)26-12-25-16/h2-8H,9-12H2,1H3,(H,20,22)(H,21,23). The Balaban J connectivity index is 1.46. The molecule has 0 aliphatic carbocycles. The van der Waals surface area contributed by atoms with E-state index >= 15 is 0 Å². The van der Waals surface area contributed by atoms with Crippen molar-refractivity contribution < 1.29 is 23.8 Å². The van der Waals surface area contributed by atoms with Crippen molar-refractivity contribution in [2.75, 3.05) is 20.4 Å². The van der Waals surface area contributed by atoms with Crippen LogP contribution in [0, 0.1) is 0 Å². The smallest absolute Gasteiger partial charge is 0.251 e. The average Bonchev–Trinajstić information content (AvgIpc) is 3.13. The van der Waals surface area contributed by atoms with Crippen LogP contribution in [0.1, 0.15) is 21.5 Å². The molecule has 0 saturated heterocycles. The highest BCUT2D eigenvalue weighted by Crippen LogP contribution is 2.32. The second kappa shape index (κ2) is 8.35. The summed E-state index contributed by atoms with van der Waals surface area (Å²) in [6.07, 6.45) is 0. The monoisotopic (exact) mass is 356 g/mol. The van der Waals surface area contributed by atoms with Crippen molar-refractivity contribution in [1.82, 2.24) is 10.6 Å². The molecule has 0 unspecified atom stereocenters. The third-order valence-electron chi connectivity index (χ3n) is 3.84. The number of methoxy groups -OCH3 is 1. The second-order valence-electron chi connectivity index (χ2n) is 5.78. The van der Waals surface area contributed by atoms with Gasteiger partial charge in [-0.15, -0.1) is 0 Å². The third-order valence-corrected chi connectivity index (χ3v) is 3.84. The van der Waals surface area contributed by atoms with Gasteiger partial charge in [-0.2, -0.15) is 0 Å². The molecule has 1 aliphatic rings. The summed E-state index contributed by atoms with van der Waals surface area (Å²) in [5.41, 5.74) is 2.42. The first kappa shape index (κ1) is 17.8. The maximum absolute atomic E-state index is 12.1. The minimum absolute atomic E-state index is 0.106. The van der Waals surface area contributed by atoms with Gasteiger partial charge in [-0.3, -0.25) is 9.59 Å². The molecule has 0 bridgehead atoms. The Bertz CT molecular complexity index is 806. The van der Waals surface area contributed by atoms with E-state index in [1.165, 1.54) is 0 Å². The molecule has 1 heterocycles. The number of nitrogens with one attached hydrogen (secondary N) is 2. The van der Waals surface area contributed by atoms with Crippen LogP contribution in [0.4, 0.5) is 0 Å². The molecule has 3 rings (SSSR count). The molecule has 0 radical (unpaired) electrons. The predicted octanol–water partition coefficient (Wildman–Crippen LogP) is 1.61. The molecule has 2 aromatic carbocycles. The number of rotatable bonds is 7. The highest BCUT2D eigenvalue weighted by Gasteiger charge is 2.16. The zero-order valence-corrected chi connectivity index (χ0v) is 14.4. The van der Waals surface area contributed by atoms with Crippen LogP contribution in [0.5, 0.6) is 11.5 Å². The van der Waals surface area contributed by atoms with Crippen LogP contribution in [0.3, 0.4) is 0 Å². The first-order valence-corrected chi connectivity index (χ1v) is 8.17. The van der Waals surface area contributed by atoms with Crippen molar-refractivity contribution >= 4 is 11.8 Å². The number of amides is 2. The summed E-state index contributed by atoms with van der Waals surface area (Å²) in [6, 6.07) is 12.7. The van der Waals surface area contributed by atoms with E-state index in [-0.39, 0.29) is 25.2 Å². The molecule has 7 nitrogen and oxygen atoms in total. The van der Waals surface area contributed by atoms with E-state index in [0.29, 0.717) is 30.2 Å². The lowest BCUT2D eigenvalue weighted by Gasteiger charge is -2.09. The normalized spacial score (nSPS) is 11.9. The molecule has 26 heavy (non-hydrogen) atoms. The van der Waals surface area contributed by atoms with Crippen LogP contribution in [-0.2, 0) is 22.7 Å². The van der Waals surface area contributed by atoms with Gasteiger partial charge >= 0.3 is 0 Å². The van der Waals surface area contributed by atoms with Crippen LogP contribution in [0.2, 0.25) is 0 Å². The van der Waals surface area contributed by atoms with E-state index in [1.54, 1.807) is 25.3 Å². The van der Waals surface area contributed by atoms with Crippen molar-refractivity contribution in [2.24, 2.45) is 0 Å². The molecule has 1 aliphatic heterocycles. The molecule has 7 heteroatoms. The zero-order valence-electron chi connectivity index (χ0n) is 14.4. The number of carbonyl (C=O) groups is 2. The molecule has 0 atom stereocenters. The lowest BCUT2D eigenvalue weighted by molar-refractivity contribution is -0.120. The fraction of sp³-hybridized carbons (Fsp3) is 0.263. The van der Waals surface area contributed by atoms with Gasteiger partial charge in [-0.05, 0) is 29.3 Å². The summed E-state index contributed by atoms with van der Waals surface area (Å²) in [7, 11) is 1.64. The third kappa shape index (κ3) is 4.52. The molecule has 2 amide bonds. The number of hydrogen-bond donors (Lipinski definition) is 2. The number of ether oxygens (including phenoxy) is 3. The fourth-order valence-electron chi connectivity index (χ4n) is 2.56. The van der Waals surface area contributed by atoms with E-state index in [1.807, 2.05) is 24.3 Å². The van der Waals surface area contributed by atoms with E-state index in [9.17, 15) is 9.59 Å². The first-order chi connectivity index (χ1) is 12.7. The molecule has 0 aromatic heterocycles. The number of fused-ring (bicyclic) bond motifs is 1. The molecule has 0 spiro atoms. The van der Waals surface area contributed by atoms with Gasteiger partial charge in [0.1, 0.15) is 0 Å². The highest BCUT2D eigenvalue weighted by atomic mass is 16.7.